The van der Waals surface area contributed by atoms with Crippen LogP contribution in [-0.2, 0) is 0 Å². The summed E-state index contributed by atoms with van der Waals surface area (Å²) in [6.45, 7) is 7.42. The third kappa shape index (κ3) is 3.27. The van der Waals surface area contributed by atoms with Gasteiger partial charge in [0.2, 0.25) is 0 Å². The van der Waals surface area contributed by atoms with Gasteiger partial charge in [-0.1, -0.05) is 20.3 Å². The number of hydrogen-bond acceptors (Lipinski definition) is 2. The van der Waals surface area contributed by atoms with Crippen molar-refractivity contribution in [2.24, 2.45) is 11.8 Å². The minimum atomic E-state index is 0.769. The second-order valence-corrected chi connectivity index (χ2v) is 6.44. The zero-order valence-corrected chi connectivity index (χ0v) is 12.6. The van der Waals surface area contributed by atoms with Crippen molar-refractivity contribution in [2.75, 3.05) is 20.1 Å². The van der Waals surface area contributed by atoms with E-state index in [1.165, 1.54) is 58.0 Å². The summed E-state index contributed by atoms with van der Waals surface area (Å²) >= 11 is 0. The van der Waals surface area contributed by atoms with E-state index < -0.39 is 0 Å². The Morgan fingerprint density at radius 3 is 2.61 bits per heavy atom. The van der Waals surface area contributed by atoms with Crippen molar-refractivity contribution in [3.8, 4) is 0 Å². The van der Waals surface area contributed by atoms with Crippen LogP contribution in [0.4, 0.5) is 0 Å². The zero-order chi connectivity index (χ0) is 13.0. The zero-order valence-electron chi connectivity index (χ0n) is 12.6. The summed E-state index contributed by atoms with van der Waals surface area (Å²) in [6.07, 6.45) is 9.87. The first kappa shape index (κ1) is 14.3. The molecule has 0 bridgehead atoms. The molecular weight excluding hydrogens is 220 g/mol. The van der Waals surface area contributed by atoms with Gasteiger partial charge in [-0.3, -0.25) is 0 Å². The van der Waals surface area contributed by atoms with E-state index in [-0.39, 0.29) is 0 Å². The molecule has 0 aromatic carbocycles. The molecule has 0 radical (unpaired) electrons. The van der Waals surface area contributed by atoms with Crippen LogP contribution >= 0.6 is 0 Å². The van der Waals surface area contributed by atoms with Crippen LogP contribution in [0.25, 0.3) is 0 Å². The van der Waals surface area contributed by atoms with Gasteiger partial charge in [0.25, 0.3) is 0 Å². The number of hydrogen-bond donors (Lipinski definition) is 1. The maximum Gasteiger partial charge on any atom is 0.0105 e. The molecule has 1 saturated carbocycles. The molecule has 0 aromatic heterocycles. The van der Waals surface area contributed by atoms with Gasteiger partial charge in [0.1, 0.15) is 0 Å². The van der Waals surface area contributed by atoms with Crippen molar-refractivity contribution in [3.63, 3.8) is 0 Å². The fourth-order valence-electron chi connectivity index (χ4n) is 4.21. The predicted molar refractivity (Wildman–Crippen MR) is 78.9 cm³/mol. The molecule has 1 aliphatic heterocycles. The van der Waals surface area contributed by atoms with E-state index in [0.717, 1.165) is 23.9 Å². The number of nitrogens with one attached hydrogen (secondary N) is 1. The quantitative estimate of drug-likeness (QED) is 0.808. The Kier molecular flexibility index (Phi) is 5.50. The molecule has 4 atom stereocenters. The molecule has 1 saturated heterocycles. The van der Waals surface area contributed by atoms with Gasteiger partial charge in [0, 0.05) is 18.6 Å². The minimum Gasteiger partial charge on any atom is -0.317 e. The molecule has 18 heavy (non-hydrogen) atoms. The molecule has 0 aromatic rings. The molecule has 106 valence electrons. The first-order valence-electron chi connectivity index (χ1n) is 8.19. The SMILES string of the molecule is CCC1CCC(NC)C(CN2CCCC2CC)C1. The molecule has 2 aliphatic rings. The van der Waals surface area contributed by atoms with Gasteiger partial charge in [0.15, 0.2) is 0 Å². The van der Waals surface area contributed by atoms with Crippen molar-refractivity contribution in [1.29, 1.82) is 0 Å². The van der Waals surface area contributed by atoms with Gasteiger partial charge < -0.3 is 10.2 Å². The molecule has 2 nitrogen and oxygen atoms in total. The third-order valence-electron chi connectivity index (χ3n) is 5.48. The summed E-state index contributed by atoms with van der Waals surface area (Å²) in [5.41, 5.74) is 0. The lowest BCUT2D eigenvalue weighted by atomic mass is 9.76. The molecule has 2 fully saturated rings. The van der Waals surface area contributed by atoms with Crippen LogP contribution in [0.5, 0.6) is 0 Å². The summed E-state index contributed by atoms with van der Waals surface area (Å²) in [5.74, 6) is 1.88. The fourth-order valence-corrected chi connectivity index (χ4v) is 4.21. The Bertz CT molecular complexity index is 241. The van der Waals surface area contributed by atoms with Crippen molar-refractivity contribution >= 4 is 0 Å². The molecule has 4 unspecified atom stereocenters. The summed E-state index contributed by atoms with van der Waals surface area (Å²) in [4.78, 5) is 2.78. The highest BCUT2D eigenvalue weighted by molar-refractivity contribution is 4.88. The molecular formula is C16H32N2. The summed E-state index contributed by atoms with van der Waals surface area (Å²) < 4.78 is 0. The van der Waals surface area contributed by atoms with E-state index in [2.05, 4.69) is 31.1 Å². The normalized spacial score (nSPS) is 38.2. The first-order valence-corrected chi connectivity index (χ1v) is 8.19. The number of likely N-dealkylation sites (tertiary alicyclic amines) is 1. The highest BCUT2D eigenvalue weighted by atomic mass is 15.2. The molecule has 0 amide bonds. The topological polar surface area (TPSA) is 15.3 Å². The molecule has 1 heterocycles. The largest absolute Gasteiger partial charge is 0.317 e. The standard InChI is InChI=1S/C16H32N2/c1-4-13-8-9-16(17-3)14(11-13)12-18-10-6-7-15(18)5-2/h13-17H,4-12H2,1-3H3. The lowest BCUT2D eigenvalue weighted by Gasteiger charge is -2.39. The van der Waals surface area contributed by atoms with Gasteiger partial charge in [0.05, 0.1) is 0 Å². The Hall–Kier alpha value is -0.0800. The smallest absolute Gasteiger partial charge is 0.0105 e. The van der Waals surface area contributed by atoms with Crippen LogP contribution in [-0.4, -0.2) is 37.1 Å². The Labute approximate surface area is 114 Å². The van der Waals surface area contributed by atoms with Gasteiger partial charge in [-0.15, -0.1) is 0 Å². The Morgan fingerprint density at radius 1 is 1.11 bits per heavy atom. The maximum absolute atomic E-state index is 3.58. The summed E-state index contributed by atoms with van der Waals surface area (Å²) in [5, 5.41) is 3.58. The lowest BCUT2D eigenvalue weighted by Crippen LogP contribution is -2.45. The van der Waals surface area contributed by atoms with Crippen molar-refractivity contribution < 1.29 is 0 Å². The van der Waals surface area contributed by atoms with Crippen LogP contribution in [0.2, 0.25) is 0 Å². The molecule has 2 heteroatoms. The highest BCUT2D eigenvalue weighted by Crippen LogP contribution is 2.33. The van der Waals surface area contributed by atoms with Crippen LogP contribution < -0.4 is 5.32 Å². The lowest BCUT2D eigenvalue weighted by molar-refractivity contribution is 0.132. The number of nitrogens with zero attached hydrogens (tertiary/aromatic N) is 1. The fraction of sp³-hybridized carbons (Fsp3) is 1.00. The van der Waals surface area contributed by atoms with E-state index in [4.69, 9.17) is 0 Å². The van der Waals surface area contributed by atoms with E-state index in [1.807, 2.05) is 0 Å². The van der Waals surface area contributed by atoms with Crippen molar-refractivity contribution in [2.45, 2.75) is 70.9 Å². The van der Waals surface area contributed by atoms with Gasteiger partial charge in [-0.25, -0.2) is 0 Å². The molecule has 0 spiro atoms. The van der Waals surface area contributed by atoms with Crippen LogP contribution in [0.1, 0.15) is 58.8 Å². The molecule has 1 aliphatic carbocycles. The molecule has 1 N–H and O–H groups in total. The second-order valence-electron chi connectivity index (χ2n) is 6.44. The van der Waals surface area contributed by atoms with E-state index in [1.54, 1.807) is 0 Å². The van der Waals surface area contributed by atoms with Gasteiger partial charge >= 0.3 is 0 Å². The predicted octanol–water partition coefficient (Wildman–Crippen LogP) is 3.28. The summed E-state index contributed by atoms with van der Waals surface area (Å²) in [6, 6.07) is 1.65. The van der Waals surface area contributed by atoms with Gasteiger partial charge in [-0.05, 0) is 64.0 Å². The number of rotatable bonds is 5. The monoisotopic (exact) mass is 252 g/mol. The second kappa shape index (κ2) is 6.91. The third-order valence-corrected chi connectivity index (χ3v) is 5.48. The molecule has 2 rings (SSSR count). The van der Waals surface area contributed by atoms with Crippen molar-refractivity contribution in [3.05, 3.63) is 0 Å². The summed E-state index contributed by atoms with van der Waals surface area (Å²) in [7, 11) is 2.16. The van der Waals surface area contributed by atoms with E-state index in [9.17, 15) is 0 Å². The van der Waals surface area contributed by atoms with Crippen molar-refractivity contribution in [1.82, 2.24) is 10.2 Å². The van der Waals surface area contributed by atoms with E-state index >= 15 is 0 Å². The Balaban J connectivity index is 1.91. The highest BCUT2D eigenvalue weighted by Gasteiger charge is 2.32. The van der Waals surface area contributed by atoms with E-state index in [0.29, 0.717) is 0 Å². The van der Waals surface area contributed by atoms with Crippen LogP contribution in [0.15, 0.2) is 0 Å². The first-order chi connectivity index (χ1) is 8.78. The van der Waals surface area contributed by atoms with Crippen LogP contribution in [0.3, 0.4) is 0 Å². The van der Waals surface area contributed by atoms with Gasteiger partial charge in [-0.2, -0.15) is 0 Å². The van der Waals surface area contributed by atoms with Crippen LogP contribution in [0, 0.1) is 11.8 Å². The maximum atomic E-state index is 3.58. The average molecular weight is 252 g/mol. The Morgan fingerprint density at radius 2 is 1.94 bits per heavy atom. The minimum absolute atomic E-state index is 0.769. The average Bonchev–Trinajstić information content (AvgIpc) is 2.86.